The lowest BCUT2D eigenvalue weighted by Gasteiger charge is -2.45. The molecule has 3 unspecified atom stereocenters. The minimum atomic E-state index is -2.86. The molecule has 1 fully saturated rings. The van der Waals surface area contributed by atoms with Crippen molar-refractivity contribution >= 4 is 11.9 Å². The van der Waals surface area contributed by atoms with Crippen molar-refractivity contribution in [3.63, 3.8) is 0 Å². The monoisotopic (exact) mass is 502 g/mol. The number of allylic oxidation sites excluding steroid dienone is 2. The molecule has 1 aromatic heterocycles. The van der Waals surface area contributed by atoms with Gasteiger partial charge in [0.2, 0.25) is 5.89 Å². The maximum atomic E-state index is 12.8. The van der Waals surface area contributed by atoms with Crippen LogP contribution in [0.25, 0.3) is 11.5 Å². The zero-order valence-electron chi connectivity index (χ0n) is 18.9. The van der Waals surface area contributed by atoms with Gasteiger partial charge in [-0.3, -0.25) is 5.01 Å². The standard InChI is InChI=1S/C22H24F2N8O4/c23-17(24)19-27-26-18(36-19)14-5-3-4-13(10-14)11-32-20(28-29-30-32)22(34)7-2-1-6-15(22)16-12-35-9-8-31(16)21(25)33/h1-7,10,15-17,29-30,34H,8-9,11-12H2,(H2,25,33). The highest BCUT2D eigenvalue weighted by atomic mass is 19.3. The van der Waals surface area contributed by atoms with Crippen LogP contribution in [0.4, 0.5) is 13.6 Å². The quantitative estimate of drug-likeness (QED) is 0.454. The van der Waals surface area contributed by atoms with Crippen molar-refractivity contribution in [3.05, 3.63) is 60.0 Å². The van der Waals surface area contributed by atoms with Crippen LogP contribution < -0.4 is 16.8 Å². The molecule has 1 aliphatic carbocycles. The number of morpholine rings is 1. The first kappa shape index (κ1) is 23.8. The highest BCUT2D eigenvalue weighted by Crippen LogP contribution is 2.34. The van der Waals surface area contributed by atoms with Crippen LogP contribution in [0.1, 0.15) is 17.9 Å². The van der Waals surface area contributed by atoms with Crippen LogP contribution >= 0.6 is 0 Å². The van der Waals surface area contributed by atoms with Gasteiger partial charge in [-0.05, 0) is 23.8 Å². The molecule has 5 rings (SSSR count). The lowest BCUT2D eigenvalue weighted by atomic mass is 9.77. The van der Waals surface area contributed by atoms with Crippen LogP contribution in [0.5, 0.6) is 0 Å². The van der Waals surface area contributed by atoms with Gasteiger partial charge in [0.05, 0.1) is 25.8 Å². The number of ether oxygens (including phenoxy) is 1. The number of hydrazine groups is 2. The van der Waals surface area contributed by atoms with Gasteiger partial charge >= 0.3 is 12.5 Å². The number of urea groups is 1. The molecule has 36 heavy (non-hydrogen) atoms. The Morgan fingerprint density at radius 1 is 1.33 bits per heavy atom. The van der Waals surface area contributed by atoms with E-state index < -0.39 is 35.9 Å². The van der Waals surface area contributed by atoms with Crippen molar-refractivity contribution in [2.75, 3.05) is 19.8 Å². The molecule has 1 aromatic carbocycles. The second kappa shape index (κ2) is 9.64. The van der Waals surface area contributed by atoms with E-state index in [4.69, 9.17) is 14.9 Å². The Balaban J connectivity index is 1.39. The fourth-order valence-electron chi connectivity index (χ4n) is 4.58. The van der Waals surface area contributed by atoms with E-state index in [1.54, 1.807) is 47.5 Å². The summed E-state index contributed by atoms with van der Waals surface area (Å²) in [5.74, 6) is -1.13. The van der Waals surface area contributed by atoms with Crippen LogP contribution in [0.15, 0.2) is 58.1 Å². The molecule has 0 radical (unpaired) electrons. The first-order chi connectivity index (χ1) is 17.4. The van der Waals surface area contributed by atoms with Gasteiger partial charge in [0, 0.05) is 18.0 Å². The molecular weight excluding hydrogens is 478 g/mol. The highest BCUT2D eigenvalue weighted by molar-refractivity contribution is 5.93. The molecule has 3 atom stereocenters. The number of amidine groups is 1. The van der Waals surface area contributed by atoms with Gasteiger partial charge in [-0.15, -0.1) is 20.8 Å². The first-order valence-electron chi connectivity index (χ1n) is 11.2. The summed E-state index contributed by atoms with van der Waals surface area (Å²) in [6.45, 7) is 1.10. The number of hydrogen-bond donors (Lipinski definition) is 4. The number of alkyl halides is 2. The number of hydrazone groups is 1. The molecule has 0 saturated carbocycles. The average molecular weight is 502 g/mol. The van der Waals surface area contributed by atoms with E-state index in [2.05, 4.69) is 26.4 Å². The Labute approximate surface area is 204 Å². The molecule has 0 spiro atoms. The summed E-state index contributed by atoms with van der Waals surface area (Å²) < 4.78 is 36.3. The van der Waals surface area contributed by atoms with E-state index in [0.717, 1.165) is 5.56 Å². The molecule has 2 aromatic rings. The largest absolute Gasteiger partial charge is 0.415 e. The summed E-state index contributed by atoms with van der Waals surface area (Å²) in [4.78, 5) is 13.6. The fourth-order valence-corrected chi connectivity index (χ4v) is 4.58. The Bertz CT molecular complexity index is 1220. The summed E-state index contributed by atoms with van der Waals surface area (Å²) >= 11 is 0. The summed E-state index contributed by atoms with van der Waals surface area (Å²) in [6, 6.07) is 5.80. The third-order valence-electron chi connectivity index (χ3n) is 6.25. The number of nitrogens with zero attached hydrogens (tertiary/aromatic N) is 5. The van der Waals surface area contributed by atoms with Gasteiger partial charge in [-0.2, -0.15) is 8.78 Å². The van der Waals surface area contributed by atoms with Gasteiger partial charge in [-0.1, -0.05) is 30.4 Å². The zero-order valence-corrected chi connectivity index (χ0v) is 18.9. The van der Waals surface area contributed by atoms with Crippen molar-refractivity contribution in [1.82, 2.24) is 31.2 Å². The minimum Gasteiger partial charge on any atom is -0.415 e. The van der Waals surface area contributed by atoms with Crippen molar-refractivity contribution in [3.8, 4) is 11.5 Å². The highest BCUT2D eigenvalue weighted by Gasteiger charge is 2.49. The van der Waals surface area contributed by atoms with Crippen molar-refractivity contribution < 1.29 is 27.8 Å². The van der Waals surface area contributed by atoms with Crippen LogP contribution in [0, 0.1) is 5.92 Å². The Morgan fingerprint density at radius 3 is 2.97 bits per heavy atom. The number of nitrogens with one attached hydrogen (secondary N) is 2. The molecule has 14 heteroatoms. The predicted molar refractivity (Wildman–Crippen MR) is 122 cm³/mol. The lowest BCUT2D eigenvalue weighted by molar-refractivity contribution is -0.0322. The number of aromatic nitrogens is 2. The fraction of sp³-hybridized carbons (Fsp3) is 0.364. The maximum Gasteiger partial charge on any atom is 0.315 e. The number of nitrogens with two attached hydrogens (primary N) is 1. The average Bonchev–Trinajstić information content (AvgIpc) is 3.55. The van der Waals surface area contributed by atoms with Gasteiger partial charge in [0.15, 0.2) is 11.4 Å². The molecule has 190 valence electrons. The smallest absolute Gasteiger partial charge is 0.315 e. The number of carbonyl (C=O) groups is 1. The number of carbonyl (C=O) groups excluding carboxylic acids is 1. The van der Waals surface area contributed by atoms with Crippen molar-refractivity contribution in [2.45, 2.75) is 24.6 Å². The Morgan fingerprint density at radius 2 is 2.19 bits per heavy atom. The number of rotatable bonds is 6. The SMILES string of the molecule is NC(=O)N1CCOCC1C1C=CC=CC1(O)C1=NNNN1Cc1cccc(-c2nnc(C(F)F)o2)c1. The van der Waals surface area contributed by atoms with E-state index in [0.29, 0.717) is 18.7 Å². The Hall–Kier alpha value is -3.88. The number of halogens is 2. The normalized spacial score (nSPS) is 25.8. The molecule has 12 nitrogen and oxygen atoms in total. The van der Waals surface area contributed by atoms with Crippen LogP contribution in [-0.2, 0) is 11.3 Å². The number of amides is 2. The third kappa shape index (κ3) is 4.41. The topological polar surface area (TPSA) is 154 Å². The van der Waals surface area contributed by atoms with E-state index >= 15 is 0 Å². The van der Waals surface area contributed by atoms with Crippen LogP contribution in [-0.4, -0.2) is 68.5 Å². The summed E-state index contributed by atoms with van der Waals surface area (Å²) in [5, 5.41) is 24.8. The number of hydrogen-bond acceptors (Lipinski definition) is 10. The minimum absolute atomic E-state index is 0.0311. The molecule has 3 aliphatic rings. The number of primary amides is 1. The second-order valence-corrected chi connectivity index (χ2v) is 8.46. The second-order valence-electron chi connectivity index (χ2n) is 8.46. The zero-order chi connectivity index (χ0) is 25.3. The predicted octanol–water partition coefficient (Wildman–Crippen LogP) is 1.07. The first-order valence-corrected chi connectivity index (χ1v) is 11.2. The van der Waals surface area contributed by atoms with Gasteiger partial charge in [0.1, 0.15) is 0 Å². The third-order valence-corrected chi connectivity index (χ3v) is 6.25. The van der Waals surface area contributed by atoms with Gasteiger partial charge in [-0.25, -0.2) is 10.3 Å². The van der Waals surface area contributed by atoms with Crippen LogP contribution in [0.2, 0.25) is 0 Å². The molecule has 0 bridgehead atoms. The Kier molecular flexibility index (Phi) is 6.38. The van der Waals surface area contributed by atoms with E-state index in [1.807, 2.05) is 6.07 Å². The van der Waals surface area contributed by atoms with Gasteiger partial charge < -0.3 is 24.9 Å². The molecule has 5 N–H and O–H groups in total. The van der Waals surface area contributed by atoms with Crippen LogP contribution in [0.3, 0.4) is 0 Å². The van der Waals surface area contributed by atoms with Crippen molar-refractivity contribution in [2.24, 2.45) is 16.8 Å². The van der Waals surface area contributed by atoms with E-state index in [1.165, 1.54) is 4.90 Å². The summed E-state index contributed by atoms with van der Waals surface area (Å²) in [6.07, 6.45) is 4.02. The molecular formula is C22H24F2N8O4. The molecule has 3 heterocycles. The lowest BCUT2D eigenvalue weighted by Crippen LogP contribution is -2.62. The van der Waals surface area contributed by atoms with E-state index in [9.17, 15) is 18.7 Å². The van der Waals surface area contributed by atoms with Crippen molar-refractivity contribution in [1.29, 1.82) is 0 Å². The molecule has 2 amide bonds. The summed E-state index contributed by atoms with van der Waals surface area (Å²) in [7, 11) is 0. The van der Waals surface area contributed by atoms with Gasteiger partial charge in [0.25, 0.3) is 5.89 Å². The number of benzene rings is 1. The number of aliphatic hydroxyl groups is 1. The van der Waals surface area contributed by atoms with E-state index in [-0.39, 0.29) is 24.9 Å². The molecule has 2 aliphatic heterocycles. The molecule has 1 saturated heterocycles. The maximum absolute atomic E-state index is 12.8. The summed E-state index contributed by atoms with van der Waals surface area (Å²) in [5.41, 5.74) is 10.8.